The van der Waals surface area contributed by atoms with E-state index in [0.29, 0.717) is 11.8 Å². The van der Waals surface area contributed by atoms with Gasteiger partial charge in [-0.25, -0.2) is 0 Å². The highest BCUT2D eigenvalue weighted by Gasteiger charge is 2.32. The second-order valence-corrected chi connectivity index (χ2v) is 4.09. The Morgan fingerprint density at radius 1 is 1.31 bits per heavy atom. The van der Waals surface area contributed by atoms with Gasteiger partial charge in [0.25, 0.3) is 0 Å². The number of hydrogen-bond donors (Lipinski definition) is 0. The van der Waals surface area contributed by atoms with Crippen molar-refractivity contribution in [2.75, 3.05) is 0 Å². The Morgan fingerprint density at radius 3 is 3.31 bits per heavy atom. The van der Waals surface area contributed by atoms with E-state index in [2.05, 4.69) is 42.5 Å². The first kappa shape index (κ1) is 7.37. The highest BCUT2D eigenvalue weighted by Crippen LogP contribution is 2.42. The average molecular weight is 169 g/mol. The molecule has 0 amide bonds. The SMILES string of the molecule is [C]1=CC2C=CCCC2C2C=CC=C12. The zero-order valence-corrected chi connectivity index (χ0v) is 7.61. The van der Waals surface area contributed by atoms with E-state index >= 15 is 0 Å². The molecule has 0 heterocycles. The van der Waals surface area contributed by atoms with Crippen molar-refractivity contribution in [1.82, 2.24) is 0 Å². The topological polar surface area (TPSA) is 0 Å². The van der Waals surface area contributed by atoms with Crippen LogP contribution in [0.3, 0.4) is 0 Å². The molecule has 3 atom stereocenters. The molecule has 0 heteroatoms. The Balaban J connectivity index is 2.01. The largest absolute Gasteiger partial charge is 0.0879 e. The van der Waals surface area contributed by atoms with Crippen LogP contribution in [0.4, 0.5) is 0 Å². The van der Waals surface area contributed by atoms with Gasteiger partial charge in [0.05, 0.1) is 0 Å². The lowest BCUT2D eigenvalue weighted by Gasteiger charge is -2.34. The van der Waals surface area contributed by atoms with Gasteiger partial charge in [-0.05, 0) is 36.3 Å². The van der Waals surface area contributed by atoms with Crippen molar-refractivity contribution in [3.63, 3.8) is 0 Å². The van der Waals surface area contributed by atoms with E-state index in [1.807, 2.05) is 0 Å². The fourth-order valence-electron chi connectivity index (χ4n) is 2.68. The molecule has 0 spiro atoms. The summed E-state index contributed by atoms with van der Waals surface area (Å²) in [5.41, 5.74) is 1.40. The highest BCUT2D eigenvalue weighted by atomic mass is 14.4. The van der Waals surface area contributed by atoms with Crippen LogP contribution in [0.1, 0.15) is 12.8 Å². The van der Waals surface area contributed by atoms with Gasteiger partial charge in [0.1, 0.15) is 0 Å². The lowest BCUT2D eigenvalue weighted by Crippen LogP contribution is -2.25. The summed E-state index contributed by atoms with van der Waals surface area (Å²) in [4.78, 5) is 0. The van der Waals surface area contributed by atoms with Crippen molar-refractivity contribution >= 4 is 0 Å². The molecule has 0 fully saturated rings. The summed E-state index contributed by atoms with van der Waals surface area (Å²) in [6.07, 6.45) is 19.6. The quantitative estimate of drug-likeness (QED) is 0.489. The summed E-state index contributed by atoms with van der Waals surface area (Å²) >= 11 is 0. The van der Waals surface area contributed by atoms with Gasteiger partial charge in [0.15, 0.2) is 0 Å². The minimum absolute atomic E-state index is 0.652. The molecule has 1 radical (unpaired) electrons. The van der Waals surface area contributed by atoms with E-state index in [1.165, 1.54) is 18.4 Å². The van der Waals surface area contributed by atoms with E-state index < -0.39 is 0 Å². The monoisotopic (exact) mass is 169 g/mol. The molecule has 0 N–H and O–H groups in total. The number of allylic oxidation sites excluding steroid dienone is 8. The lowest BCUT2D eigenvalue weighted by atomic mass is 9.70. The van der Waals surface area contributed by atoms with Crippen LogP contribution in [0, 0.1) is 23.8 Å². The Kier molecular flexibility index (Phi) is 1.55. The number of hydrogen-bond acceptors (Lipinski definition) is 0. The first-order chi connectivity index (χ1) is 6.45. The van der Waals surface area contributed by atoms with Crippen molar-refractivity contribution in [1.29, 1.82) is 0 Å². The van der Waals surface area contributed by atoms with Crippen molar-refractivity contribution in [2.45, 2.75) is 12.8 Å². The molecule has 13 heavy (non-hydrogen) atoms. The van der Waals surface area contributed by atoms with Gasteiger partial charge in [-0.2, -0.15) is 0 Å². The molecule has 3 aliphatic rings. The summed E-state index contributed by atoms with van der Waals surface area (Å²) in [6, 6.07) is 0. The van der Waals surface area contributed by atoms with Crippen LogP contribution in [0.2, 0.25) is 0 Å². The van der Waals surface area contributed by atoms with Gasteiger partial charge in [0.2, 0.25) is 0 Å². The van der Waals surface area contributed by atoms with Crippen LogP contribution >= 0.6 is 0 Å². The average Bonchev–Trinajstić information content (AvgIpc) is 2.65. The van der Waals surface area contributed by atoms with Crippen LogP contribution in [-0.2, 0) is 0 Å². The van der Waals surface area contributed by atoms with Crippen LogP contribution < -0.4 is 0 Å². The van der Waals surface area contributed by atoms with Crippen LogP contribution in [-0.4, -0.2) is 0 Å². The van der Waals surface area contributed by atoms with Crippen molar-refractivity contribution < 1.29 is 0 Å². The molecule has 0 saturated heterocycles. The third-order valence-corrected chi connectivity index (χ3v) is 3.38. The first-order valence-electron chi connectivity index (χ1n) is 5.10. The molecule has 3 unspecified atom stereocenters. The highest BCUT2D eigenvalue weighted by molar-refractivity contribution is 5.37. The van der Waals surface area contributed by atoms with Crippen molar-refractivity contribution in [3.05, 3.63) is 48.1 Å². The Bertz CT molecular complexity index is 328. The van der Waals surface area contributed by atoms with Gasteiger partial charge >= 0.3 is 0 Å². The second-order valence-electron chi connectivity index (χ2n) is 4.09. The summed E-state index contributed by atoms with van der Waals surface area (Å²) in [6.45, 7) is 0. The molecule has 3 aliphatic carbocycles. The predicted octanol–water partition coefficient (Wildman–Crippen LogP) is 3.05. The minimum atomic E-state index is 0.652. The number of fused-ring (bicyclic) bond motifs is 3. The van der Waals surface area contributed by atoms with E-state index in [1.54, 1.807) is 0 Å². The second kappa shape index (κ2) is 2.73. The molecule has 0 nitrogen and oxygen atoms in total. The normalized spacial score (nSPS) is 40.0. The molecule has 0 aromatic rings. The standard InChI is InChI=1S/C13H13/c1-2-6-12-10(4-1)8-9-11-5-3-7-13(11)12/h1,3-5,7-8,10,12-13H,2,6H2. The molecule has 0 aliphatic heterocycles. The van der Waals surface area contributed by atoms with Crippen LogP contribution in [0.25, 0.3) is 0 Å². The lowest BCUT2D eigenvalue weighted by molar-refractivity contribution is 0.337. The van der Waals surface area contributed by atoms with Gasteiger partial charge < -0.3 is 0 Å². The molecule has 0 saturated carbocycles. The van der Waals surface area contributed by atoms with Crippen LogP contribution in [0.5, 0.6) is 0 Å². The van der Waals surface area contributed by atoms with Gasteiger partial charge in [-0.15, -0.1) is 0 Å². The Labute approximate surface area is 79.3 Å². The summed E-state index contributed by atoms with van der Waals surface area (Å²) in [5, 5.41) is 0. The van der Waals surface area contributed by atoms with Crippen molar-refractivity contribution in [2.24, 2.45) is 17.8 Å². The smallest absolute Gasteiger partial charge is 0.00641 e. The fraction of sp³-hybridized carbons (Fsp3) is 0.385. The molecular formula is C13H13. The van der Waals surface area contributed by atoms with Gasteiger partial charge in [0, 0.05) is 5.92 Å². The summed E-state index contributed by atoms with van der Waals surface area (Å²) in [5.74, 6) is 2.13. The maximum Gasteiger partial charge on any atom is 0.00641 e. The summed E-state index contributed by atoms with van der Waals surface area (Å²) < 4.78 is 0. The first-order valence-corrected chi connectivity index (χ1v) is 5.10. The zero-order chi connectivity index (χ0) is 8.67. The Morgan fingerprint density at radius 2 is 2.31 bits per heavy atom. The molecule has 3 rings (SSSR count). The Hall–Kier alpha value is -1.04. The molecule has 0 aromatic heterocycles. The van der Waals surface area contributed by atoms with E-state index in [-0.39, 0.29) is 0 Å². The maximum atomic E-state index is 3.40. The molecule has 0 bridgehead atoms. The third kappa shape index (κ3) is 1.05. The fourth-order valence-corrected chi connectivity index (χ4v) is 2.68. The van der Waals surface area contributed by atoms with Gasteiger partial charge in [-0.1, -0.05) is 36.5 Å². The van der Waals surface area contributed by atoms with Crippen molar-refractivity contribution in [3.8, 4) is 0 Å². The molecule has 65 valence electrons. The van der Waals surface area contributed by atoms with Gasteiger partial charge in [-0.3, -0.25) is 0 Å². The zero-order valence-electron chi connectivity index (χ0n) is 7.61. The van der Waals surface area contributed by atoms with Crippen LogP contribution in [0.15, 0.2) is 42.0 Å². The molecule has 0 aromatic carbocycles. The van der Waals surface area contributed by atoms with E-state index in [9.17, 15) is 0 Å². The van der Waals surface area contributed by atoms with E-state index in [0.717, 1.165) is 5.92 Å². The van der Waals surface area contributed by atoms with E-state index in [4.69, 9.17) is 0 Å². The number of rotatable bonds is 0. The third-order valence-electron chi connectivity index (χ3n) is 3.38. The predicted molar refractivity (Wildman–Crippen MR) is 53.9 cm³/mol. The summed E-state index contributed by atoms with van der Waals surface area (Å²) in [7, 11) is 0. The molecular weight excluding hydrogens is 156 g/mol. The maximum absolute atomic E-state index is 3.40. The minimum Gasteiger partial charge on any atom is -0.0879 e.